The minimum absolute atomic E-state index is 0.0811. The van der Waals surface area contributed by atoms with E-state index in [0.717, 1.165) is 4.67 Å². The first-order valence-corrected chi connectivity index (χ1v) is 9.72. The molecule has 0 heterocycles. The van der Waals surface area contributed by atoms with Gasteiger partial charge in [-0.25, -0.2) is 4.79 Å². The van der Waals surface area contributed by atoms with E-state index in [2.05, 4.69) is 18.8 Å². The molecule has 0 aliphatic rings. The molecule has 6 nitrogen and oxygen atoms in total. The molecule has 0 aliphatic heterocycles. The van der Waals surface area contributed by atoms with E-state index >= 15 is 0 Å². The van der Waals surface area contributed by atoms with E-state index in [-0.39, 0.29) is 18.9 Å². The number of amides is 2. The first-order chi connectivity index (χ1) is 9.19. The first kappa shape index (κ1) is 19.1. The summed E-state index contributed by atoms with van der Waals surface area (Å²) in [5.74, 6) is -2.22. The molecule has 0 saturated heterocycles. The third-order valence-electron chi connectivity index (χ3n) is 2.37. The number of carbonyl (C=O) groups excluding carboxylic acids is 3. The fourth-order valence-corrected chi connectivity index (χ4v) is 3.24. The van der Waals surface area contributed by atoms with Gasteiger partial charge in [0.25, 0.3) is 0 Å². The third kappa shape index (κ3) is 4.92. The van der Waals surface area contributed by atoms with Crippen molar-refractivity contribution < 1.29 is 19.1 Å². The third-order valence-corrected chi connectivity index (χ3v) is 7.41. The molecule has 0 fully saturated rings. The van der Waals surface area contributed by atoms with Crippen LogP contribution in [-0.2, 0) is 30.9 Å². The van der Waals surface area contributed by atoms with Gasteiger partial charge in [-0.2, -0.15) is 0 Å². The van der Waals surface area contributed by atoms with Crippen molar-refractivity contribution in [2.45, 2.75) is 19.8 Å². The van der Waals surface area contributed by atoms with Gasteiger partial charge in [0.2, 0.25) is 5.91 Å². The average Bonchev–Trinajstić information content (AvgIpc) is 2.42. The van der Waals surface area contributed by atoms with Gasteiger partial charge in [-0.15, -0.1) is 18.8 Å². The van der Waals surface area contributed by atoms with Gasteiger partial charge in [0.05, 0.1) is 6.61 Å². The Labute approximate surface area is 129 Å². The fourth-order valence-electron chi connectivity index (χ4n) is 1.11. The van der Waals surface area contributed by atoms with Gasteiger partial charge < -0.3 is 4.74 Å². The number of likely N-dealkylation sites (N-methyl/N-ethyl adjacent to an activating group) is 1. The number of ether oxygens (including phenoxy) is 1. The van der Waals surface area contributed by atoms with Crippen LogP contribution in [0, 0.1) is 0 Å². The quantitative estimate of drug-likeness (QED) is 0.262. The highest BCUT2D eigenvalue weighted by molar-refractivity contribution is 8.62. The Bertz CT molecular complexity index is 456. The fraction of sp³-hybridized carbons (Fsp3) is 0.545. The number of esters is 1. The highest BCUT2D eigenvalue weighted by Gasteiger charge is 2.34. The lowest BCUT2D eigenvalue weighted by Gasteiger charge is -2.34. The molecule has 114 valence electrons. The van der Waals surface area contributed by atoms with Crippen LogP contribution in [-0.4, -0.2) is 47.8 Å². The van der Waals surface area contributed by atoms with E-state index < -0.39 is 17.4 Å². The lowest BCUT2D eigenvalue weighted by Crippen LogP contribution is -2.36. The molecule has 0 aromatic heterocycles. The number of thiol groups is 1. The Morgan fingerprint density at radius 1 is 1.35 bits per heavy atom. The summed E-state index contributed by atoms with van der Waals surface area (Å²) < 4.78 is 6.93. The lowest BCUT2D eigenvalue weighted by atomic mass is 10.4. The van der Waals surface area contributed by atoms with Crippen LogP contribution in [0.2, 0.25) is 0 Å². The minimum atomic E-state index is -2.96. The van der Waals surface area contributed by atoms with Gasteiger partial charge >= 0.3 is 11.9 Å². The molecule has 1 atom stereocenters. The molecular weight excluding hydrogens is 319 g/mol. The second kappa shape index (κ2) is 8.44. The van der Waals surface area contributed by atoms with E-state index in [1.54, 1.807) is 0 Å². The van der Waals surface area contributed by atoms with Crippen LogP contribution in [0.5, 0.6) is 0 Å². The maximum atomic E-state index is 11.9. The van der Waals surface area contributed by atoms with Gasteiger partial charge in [-0.3, -0.25) is 18.9 Å². The number of hydrogen-bond donors (Lipinski definition) is 1. The molecule has 2 amide bonds. The molecule has 0 aromatic carbocycles. The van der Waals surface area contributed by atoms with E-state index in [1.165, 1.54) is 24.8 Å². The molecule has 0 radical (unpaired) electrons. The molecule has 0 spiro atoms. The Hall–Kier alpha value is -0.850. The van der Waals surface area contributed by atoms with Gasteiger partial charge in [-0.05, 0) is 18.2 Å². The van der Waals surface area contributed by atoms with E-state index in [9.17, 15) is 14.4 Å². The zero-order valence-corrected chi connectivity index (χ0v) is 14.3. The largest absolute Gasteiger partial charge is 0.459 e. The van der Waals surface area contributed by atoms with Crippen LogP contribution < -0.4 is 0 Å². The monoisotopic (exact) mass is 338 g/mol. The molecule has 20 heavy (non-hydrogen) atoms. The molecule has 0 N–H and O–H groups in total. The van der Waals surface area contributed by atoms with Crippen molar-refractivity contribution in [1.82, 2.24) is 9.34 Å². The molecule has 9 heteroatoms. The molecule has 0 aromatic rings. The number of carbonyl (C=O) groups is 3. The maximum absolute atomic E-state index is 11.9. The minimum Gasteiger partial charge on any atom is -0.459 e. The van der Waals surface area contributed by atoms with Crippen LogP contribution in [0.25, 0.3) is 0 Å². The Morgan fingerprint density at radius 3 is 2.35 bits per heavy atom. The molecule has 0 bridgehead atoms. The van der Waals surface area contributed by atoms with Gasteiger partial charge in [-0.1, -0.05) is 13.0 Å². The zero-order chi connectivity index (χ0) is 15.9. The summed E-state index contributed by atoms with van der Waals surface area (Å²) in [5.41, 5.74) is -2.96. The van der Waals surface area contributed by atoms with Crippen LogP contribution >= 0.6 is 17.8 Å². The van der Waals surface area contributed by atoms with Crippen molar-refractivity contribution in [3.63, 3.8) is 0 Å². The van der Waals surface area contributed by atoms with Crippen LogP contribution in [0.3, 0.4) is 0 Å². The summed E-state index contributed by atoms with van der Waals surface area (Å²) >= 11 is 9.46. The standard InChI is InChI=1S/C11H19N2O4PS2/c1-5-7-9(14)12(3)18(19,20)13(4)10(15)11(16)17-8-6-2/h5H,1,6-8H2,2-4H3,(H,19,20). The van der Waals surface area contributed by atoms with Crippen molar-refractivity contribution in [3.05, 3.63) is 12.7 Å². The summed E-state index contributed by atoms with van der Waals surface area (Å²) in [4.78, 5) is 35.2. The molecule has 0 aliphatic carbocycles. The van der Waals surface area contributed by atoms with Crippen molar-refractivity contribution in [2.75, 3.05) is 20.7 Å². The normalized spacial score (nSPS) is 13.0. The van der Waals surface area contributed by atoms with E-state index in [4.69, 9.17) is 16.5 Å². The van der Waals surface area contributed by atoms with Crippen LogP contribution in [0.1, 0.15) is 19.8 Å². The zero-order valence-electron chi connectivity index (χ0n) is 11.7. The van der Waals surface area contributed by atoms with Crippen molar-refractivity contribution in [3.8, 4) is 0 Å². The Balaban J connectivity index is 4.96. The van der Waals surface area contributed by atoms with E-state index in [1.807, 2.05) is 6.92 Å². The van der Waals surface area contributed by atoms with Crippen LogP contribution in [0.4, 0.5) is 0 Å². The highest BCUT2D eigenvalue weighted by atomic mass is 32.9. The summed E-state index contributed by atoms with van der Waals surface area (Å²) in [5, 5.41) is 0. The average molecular weight is 338 g/mol. The first-order valence-electron chi connectivity index (χ1n) is 5.86. The van der Waals surface area contributed by atoms with Gasteiger partial charge in [0.15, 0.2) is 5.54 Å². The van der Waals surface area contributed by atoms with E-state index in [0.29, 0.717) is 6.42 Å². The summed E-state index contributed by atoms with van der Waals surface area (Å²) in [6, 6.07) is 0. The maximum Gasteiger partial charge on any atom is 0.397 e. The smallest absolute Gasteiger partial charge is 0.397 e. The Morgan fingerprint density at radius 2 is 1.90 bits per heavy atom. The highest BCUT2D eigenvalue weighted by Crippen LogP contribution is 2.56. The molecule has 0 rings (SSSR count). The lowest BCUT2D eigenvalue weighted by molar-refractivity contribution is -0.157. The number of nitrogens with zero attached hydrogens (tertiary/aromatic N) is 2. The summed E-state index contributed by atoms with van der Waals surface area (Å²) in [7, 11) is 2.78. The number of rotatable bonds is 6. The van der Waals surface area contributed by atoms with Gasteiger partial charge in [0.1, 0.15) is 0 Å². The summed E-state index contributed by atoms with van der Waals surface area (Å²) in [6.07, 6.45) is 2.12. The van der Waals surface area contributed by atoms with Crippen molar-refractivity contribution in [2.24, 2.45) is 0 Å². The predicted octanol–water partition coefficient (Wildman–Crippen LogP) is 1.59. The molecule has 1 unspecified atom stereocenters. The molecule has 0 saturated carbocycles. The van der Waals surface area contributed by atoms with Crippen molar-refractivity contribution >= 4 is 47.4 Å². The number of hydrogen-bond acceptors (Lipinski definition) is 5. The Kier molecular flexibility index (Phi) is 8.08. The summed E-state index contributed by atoms with van der Waals surface area (Å²) in [6.45, 7) is 5.42. The predicted molar refractivity (Wildman–Crippen MR) is 84.9 cm³/mol. The second-order valence-electron chi connectivity index (χ2n) is 3.89. The van der Waals surface area contributed by atoms with Crippen molar-refractivity contribution in [1.29, 1.82) is 0 Å². The second-order valence-corrected chi connectivity index (χ2v) is 10.1. The molecular formula is C11H19N2O4PS2. The SMILES string of the molecule is C=CCC(=O)N(C)P(=S)(S)N(C)C(=O)C(=O)OCCC. The van der Waals surface area contributed by atoms with Gasteiger partial charge in [0, 0.05) is 20.5 Å². The topological polar surface area (TPSA) is 66.9 Å². The van der Waals surface area contributed by atoms with Crippen LogP contribution in [0.15, 0.2) is 12.7 Å².